The van der Waals surface area contributed by atoms with E-state index in [2.05, 4.69) is 50.3 Å². The van der Waals surface area contributed by atoms with Crippen LogP contribution in [0.4, 0.5) is 5.82 Å². The minimum Gasteiger partial charge on any atom is -0.372 e. The topological polar surface area (TPSA) is 57.3 Å². The number of hydrogen-bond acceptors (Lipinski definition) is 4. The Labute approximate surface area is 122 Å². The maximum atomic E-state index is 12.1. The first-order valence-electron chi connectivity index (χ1n) is 6.46. The van der Waals surface area contributed by atoms with Crippen molar-refractivity contribution in [2.45, 2.75) is 13.8 Å². The molecule has 0 saturated carbocycles. The molecule has 19 heavy (non-hydrogen) atoms. The number of halogens is 1. The van der Waals surface area contributed by atoms with Gasteiger partial charge in [0, 0.05) is 30.8 Å². The third-order valence-electron chi connectivity index (χ3n) is 2.94. The summed E-state index contributed by atoms with van der Waals surface area (Å²) in [5, 5.41) is 5.84. The second-order valence-corrected chi connectivity index (χ2v) is 5.00. The van der Waals surface area contributed by atoms with Crippen LogP contribution in [0.5, 0.6) is 0 Å². The average molecular weight is 329 g/mol. The number of carbonyl (C=O) groups excluding carboxylic acids is 1. The molecule has 1 rings (SSSR count). The normalized spacial score (nSPS) is 10.6. The molecule has 1 aromatic rings. The van der Waals surface area contributed by atoms with E-state index < -0.39 is 0 Å². The lowest BCUT2D eigenvalue weighted by Gasteiger charge is -2.18. The van der Waals surface area contributed by atoms with Crippen molar-refractivity contribution in [3.63, 3.8) is 0 Å². The van der Waals surface area contributed by atoms with E-state index in [9.17, 15) is 4.79 Å². The third kappa shape index (κ3) is 4.80. The number of nitrogens with zero attached hydrogens (tertiary/aromatic N) is 2. The van der Waals surface area contributed by atoms with Gasteiger partial charge in [-0.15, -0.1) is 0 Å². The molecule has 1 heterocycles. The smallest absolute Gasteiger partial charge is 0.255 e. The van der Waals surface area contributed by atoms with Gasteiger partial charge in [-0.05, 0) is 35.1 Å². The zero-order valence-corrected chi connectivity index (χ0v) is 13.2. The summed E-state index contributed by atoms with van der Waals surface area (Å²) in [5.74, 6) is 0.480. The molecule has 0 saturated heterocycles. The molecule has 1 amide bonds. The highest BCUT2D eigenvalue weighted by atomic mass is 79.9. The second-order valence-electron chi connectivity index (χ2n) is 4.08. The summed E-state index contributed by atoms with van der Waals surface area (Å²) in [4.78, 5) is 18.5. The van der Waals surface area contributed by atoms with Crippen LogP contribution in [-0.2, 0) is 0 Å². The lowest BCUT2D eigenvalue weighted by Crippen LogP contribution is -2.35. The minimum absolute atomic E-state index is 0.106. The Morgan fingerprint density at radius 2 is 2.11 bits per heavy atom. The zero-order valence-electron chi connectivity index (χ0n) is 11.7. The molecule has 0 aliphatic carbocycles. The molecule has 0 bridgehead atoms. The zero-order chi connectivity index (χ0) is 14.3. The van der Waals surface area contributed by atoms with Crippen molar-refractivity contribution >= 4 is 27.7 Å². The van der Waals surface area contributed by atoms with Crippen LogP contribution >= 0.6 is 15.9 Å². The summed E-state index contributed by atoms with van der Waals surface area (Å²) >= 11 is 3.33. The number of nitrogens with one attached hydrogen (secondary N) is 2. The number of hydrogen-bond donors (Lipinski definition) is 2. The number of amides is 1. The van der Waals surface area contributed by atoms with E-state index in [0.29, 0.717) is 17.9 Å². The number of carbonyl (C=O) groups is 1. The largest absolute Gasteiger partial charge is 0.372 e. The fraction of sp³-hybridized carbons (Fsp3) is 0.538. The van der Waals surface area contributed by atoms with Crippen LogP contribution in [0.25, 0.3) is 0 Å². The fourth-order valence-corrected chi connectivity index (χ4v) is 2.11. The number of anilines is 1. The average Bonchev–Trinajstić information content (AvgIpc) is 2.43. The van der Waals surface area contributed by atoms with Crippen LogP contribution in [0.3, 0.4) is 0 Å². The van der Waals surface area contributed by atoms with Crippen LogP contribution in [0, 0.1) is 0 Å². The molecule has 1 aromatic heterocycles. The van der Waals surface area contributed by atoms with Gasteiger partial charge in [-0.25, -0.2) is 4.98 Å². The Morgan fingerprint density at radius 3 is 2.68 bits per heavy atom. The molecule has 0 atom stereocenters. The van der Waals surface area contributed by atoms with E-state index in [4.69, 9.17) is 0 Å². The van der Waals surface area contributed by atoms with Crippen LogP contribution < -0.4 is 10.6 Å². The molecule has 5 nitrogen and oxygen atoms in total. The summed E-state index contributed by atoms with van der Waals surface area (Å²) < 4.78 is 0.792. The van der Waals surface area contributed by atoms with Crippen LogP contribution in [-0.4, -0.2) is 49.0 Å². The van der Waals surface area contributed by atoms with Gasteiger partial charge in [0.2, 0.25) is 0 Å². The van der Waals surface area contributed by atoms with Gasteiger partial charge in [0.05, 0.1) is 5.56 Å². The summed E-state index contributed by atoms with van der Waals surface area (Å²) in [6.45, 7) is 7.70. The van der Waals surface area contributed by atoms with Gasteiger partial charge in [-0.2, -0.15) is 0 Å². The summed E-state index contributed by atoms with van der Waals surface area (Å²) in [7, 11) is 1.75. The van der Waals surface area contributed by atoms with Gasteiger partial charge in [0.1, 0.15) is 5.82 Å². The first-order valence-corrected chi connectivity index (χ1v) is 7.25. The molecule has 0 radical (unpaired) electrons. The highest BCUT2D eigenvalue weighted by Gasteiger charge is 2.12. The molecule has 2 N–H and O–H groups in total. The second kappa shape index (κ2) is 8.12. The van der Waals surface area contributed by atoms with E-state index in [-0.39, 0.29) is 5.91 Å². The summed E-state index contributed by atoms with van der Waals surface area (Å²) in [5.41, 5.74) is 0.552. The number of pyridine rings is 1. The van der Waals surface area contributed by atoms with Crippen molar-refractivity contribution in [2.24, 2.45) is 0 Å². The van der Waals surface area contributed by atoms with E-state index in [1.165, 1.54) is 0 Å². The van der Waals surface area contributed by atoms with Crippen molar-refractivity contribution in [3.8, 4) is 0 Å². The molecule has 0 spiro atoms. The highest BCUT2D eigenvalue weighted by Crippen LogP contribution is 2.17. The lowest BCUT2D eigenvalue weighted by molar-refractivity contribution is 0.0949. The SMILES string of the molecule is CCN(CC)CCNC(=O)c1cc(Br)cnc1NC. The van der Waals surface area contributed by atoms with Gasteiger partial charge in [-0.3, -0.25) is 4.79 Å². The molecule has 106 valence electrons. The van der Waals surface area contributed by atoms with Crippen molar-refractivity contribution in [2.75, 3.05) is 38.5 Å². The van der Waals surface area contributed by atoms with Gasteiger partial charge < -0.3 is 15.5 Å². The number of aromatic nitrogens is 1. The number of likely N-dealkylation sites (N-methyl/N-ethyl adjacent to an activating group) is 1. The van der Waals surface area contributed by atoms with Crippen molar-refractivity contribution < 1.29 is 4.79 Å². The van der Waals surface area contributed by atoms with Gasteiger partial charge >= 0.3 is 0 Å². The number of rotatable bonds is 7. The Hall–Kier alpha value is -1.14. The molecule has 0 aliphatic rings. The quantitative estimate of drug-likeness (QED) is 0.803. The molecular formula is C13H21BrN4O. The summed E-state index contributed by atoms with van der Waals surface area (Å²) in [6, 6.07) is 1.77. The monoisotopic (exact) mass is 328 g/mol. The Balaban J connectivity index is 2.60. The maximum absolute atomic E-state index is 12.1. The minimum atomic E-state index is -0.106. The predicted molar refractivity (Wildman–Crippen MR) is 81.6 cm³/mol. The van der Waals surface area contributed by atoms with Gasteiger partial charge in [0.25, 0.3) is 5.91 Å². The first-order chi connectivity index (χ1) is 9.12. The molecule has 0 unspecified atom stereocenters. The Morgan fingerprint density at radius 1 is 1.42 bits per heavy atom. The Kier molecular flexibility index (Phi) is 6.80. The van der Waals surface area contributed by atoms with Crippen molar-refractivity contribution in [1.82, 2.24) is 15.2 Å². The first kappa shape index (κ1) is 15.9. The van der Waals surface area contributed by atoms with E-state index >= 15 is 0 Å². The van der Waals surface area contributed by atoms with E-state index in [0.717, 1.165) is 24.1 Å². The molecular weight excluding hydrogens is 308 g/mol. The predicted octanol–water partition coefficient (Wildman–Crippen LogP) is 1.96. The van der Waals surface area contributed by atoms with Crippen molar-refractivity contribution in [3.05, 3.63) is 22.3 Å². The summed E-state index contributed by atoms with van der Waals surface area (Å²) in [6.07, 6.45) is 1.67. The van der Waals surface area contributed by atoms with Gasteiger partial charge in [0.15, 0.2) is 0 Å². The van der Waals surface area contributed by atoms with Crippen LogP contribution in [0.2, 0.25) is 0 Å². The van der Waals surface area contributed by atoms with Crippen LogP contribution in [0.15, 0.2) is 16.7 Å². The van der Waals surface area contributed by atoms with E-state index in [1.807, 2.05) is 0 Å². The van der Waals surface area contributed by atoms with Crippen molar-refractivity contribution in [1.29, 1.82) is 0 Å². The maximum Gasteiger partial charge on any atom is 0.255 e. The molecule has 0 aromatic carbocycles. The molecule has 0 aliphatic heterocycles. The van der Waals surface area contributed by atoms with E-state index in [1.54, 1.807) is 19.3 Å². The fourth-order valence-electron chi connectivity index (χ4n) is 1.77. The molecule has 6 heteroatoms. The Bertz CT molecular complexity index is 421. The highest BCUT2D eigenvalue weighted by molar-refractivity contribution is 9.10. The third-order valence-corrected chi connectivity index (χ3v) is 3.38. The lowest BCUT2D eigenvalue weighted by atomic mass is 10.2. The van der Waals surface area contributed by atoms with Crippen LogP contribution in [0.1, 0.15) is 24.2 Å². The standard InChI is InChI=1S/C13H21BrN4O/c1-4-18(5-2)7-6-16-13(19)11-8-10(14)9-17-12(11)15-3/h8-9H,4-7H2,1-3H3,(H,15,17)(H,16,19). The van der Waals surface area contributed by atoms with Gasteiger partial charge in [-0.1, -0.05) is 13.8 Å². The molecule has 0 fully saturated rings.